The van der Waals surface area contributed by atoms with E-state index in [1.807, 2.05) is 38.1 Å². The first-order valence-electron chi connectivity index (χ1n) is 9.41. The molecule has 28 heavy (non-hydrogen) atoms. The molecule has 3 rings (SSSR count). The van der Waals surface area contributed by atoms with E-state index in [0.717, 1.165) is 10.2 Å². The van der Waals surface area contributed by atoms with E-state index < -0.39 is 0 Å². The van der Waals surface area contributed by atoms with E-state index in [1.165, 1.54) is 11.3 Å². The Hall–Kier alpha value is -2.68. The van der Waals surface area contributed by atoms with Crippen molar-refractivity contribution in [3.63, 3.8) is 0 Å². The molecule has 1 saturated heterocycles. The molecular formula is C19H25N5O3S. The van der Waals surface area contributed by atoms with Crippen LogP contribution in [0.3, 0.4) is 0 Å². The minimum Gasteiger partial charge on any atom is -0.352 e. The van der Waals surface area contributed by atoms with Gasteiger partial charge in [0.2, 0.25) is 11.8 Å². The minimum atomic E-state index is -0.347. The van der Waals surface area contributed by atoms with E-state index >= 15 is 0 Å². The van der Waals surface area contributed by atoms with E-state index in [-0.39, 0.29) is 36.1 Å². The van der Waals surface area contributed by atoms with Gasteiger partial charge in [0.05, 0.1) is 16.8 Å². The highest BCUT2D eigenvalue weighted by Gasteiger charge is 2.28. The highest BCUT2D eigenvalue weighted by molar-refractivity contribution is 7.22. The Bertz CT molecular complexity index is 825. The van der Waals surface area contributed by atoms with Crippen LogP contribution in [0.4, 0.5) is 5.13 Å². The predicted molar refractivity (Wildman–Crippen MR) is 109 cm³/mol. The second kappa shape index (κ2) is 9.01. The number of nitrogens with zero attached hydrogens (tertiary/aromatic N) is 2. The van der Waals surface area contributed by atoms with Crippen molar-refractivity contribution in [1.82, 2.24) is 20.7 Å². The average Bonchev–Trinajstić information content (AvgIpc) is 3.13. The summed E-state index contributed by atoms with van der Waals surface area (Å²) in [4.78, 5) is 42.4. The smallest absolute Gasteiger partial charge is 0.257 e. The summed E-state index contributed by atoms with van der Waals surface area (Å²) in [7, 11) is 0. The molecule has 3 N–H and O–H groups in total. The largest absolute Gasteiger partial charge is 0.352 e. The number of para-hydroxylation sites is 1. The fraction of sp³-hybridized carbons (Fsp3) is 0.474. The van der Waals surface area contributed by atoms with Crippen molar-refractivity contribution in [3.8, 4) is 0 Å². The van der Waals surface area contributed by atoms with Crippen molar-refractivity contribution in [2.75, 3.05) is 25.0 Å². The first-order chi connectivity index (χ1) is 13.4. The molecule has 0 spiro atoms. The molecule has 0 atom stereocenters. The summed E-state index contributed by atoms with van der Waals surface area (Å²) in [6.45, 7) is 4.91. The Labute approximate surface area is 167 Å². The van der Waals surface area contributed by atoms with Gasteiger partial charge < -0.3 is 10.2 Å². The van der Waals surface area contributed by atoms with Gasteiger partial charge >= 0.3 is 0 Å². The number of hydrazine groups is 1. The first kappa shape index (κ1) is 20.1. The zero-order valence-corrected chi connectivity index (χ0v) is 16.8. The predicted octanol–water partition coefficient (Wildman–Crippen LogP) is 1.75. The van der Waals surface area contributed by atoms with E-state index in [0.29, 0.717) is 31.1 Å². The highest BCUT2D eigenvalue weighted by Crippen LogP contribution is 2.25. The second-order valence-corrected chi connectivity index (χ2v) is 8.16. The van der Waals surface area contributed by atoms with Crippen molar-refractivity contribution < 1.29 is 14.4 Å². The fourth-order valence-electron chi connectivity index (χ4n) is 3.11. The van der Waals surface area contributed by atoms with Crippen molar-refractivity contribution in [1.29, 1.82) is 0 Å². The normalized spacial score (nSPS) is 14.9. The zero-order valence-electron chi connectivity index (χ0n) is 16.0. The number of carbonyl (C=O) groups excluding carboxylic acids is 3. The Morgan fingerprint density at radius 1 is 1.18 bits per heavy atom. The Kier molecular flexibility index (Phi) is 6.45. The molecule has 1 aromatic heterocycles. The van der Waals surface area contributed by atoms with Gasteiger partial charge in [-0.2, -0.15) is 0 Å². The summed E-state index contributed by atoms with van der Waals surface area (Å²) in [6.07, 6.45) is 1.20. The molecule has 9 heteroatoms. The summed E-state index contributed by atoms with van der Waals surface area (Å²) in [5, 5.41) is 3.62. The number of thiazole rings is 1. The van der Waals surface area contributed by atoms with Crippen LogP contribution in [0, 0.1) is 11.8 Å². The van der Waals surface area contributed by atoms with Gasteiger partial charge in [-0.25, -0.2) is 4.98 Å². The van der Waals surface area contributed by atoms with Gasteiger partial charge in [-0.1, -0.05) is 37.3 Å². The van der Waals surface area contributed by atoms with E-state index in [2.05, 4.69) is 21.2 Å². The lowest BCUT2D eigenvalue weighted by atomic mass is 9.95. The van der Waals surface area contributed by atoms with Crippen molar-refractivity contribution in [2.24, 2.45) is 11.8 Å². The minimum absolute atomic E-state index is 0.0153. The van der Waals surface area contributed by atoms with Gasteiger partial charge in [-0.15, -0.1) is 0 Å². The van der Waals surface area contributed by atoms with Gasteiger partial charge in [0.15, 0.2) is 5.13 Å². The second-order valence-electron chi connectivity index (χ2n) is 7.13. The molecule has 2 aromatic rings. The van der Waals surface area contributed by atoms with Crippen LogP contribution in [-0.4, -0.2) is 47.2 Å². The number of anilines is 1. The number of carbonyl (C=O) groups is 3. The van der Waals surface area contributed by atoms with Crippen LogP contribution in [0.1, 0.15) is 26.7 Å². The topological polar surface area (TPSA) is 103 Å². The van der Waals surface area contributed by atoms with Gasteiger partial charge in [0.25, 0.3) is 5.91 Å². The number of likely N-dealkylation sites (tertiary alicyclic amines) is 1. The molecule has 3 amide bonds. The maximum absolute atomic E-state index is 12.2. The molecule has 1 fully saturated rings. The van der Waals surface area contributed by atoms with Crippen LogP contribution in [0.15, 0.2) is 24.3 Å². The molecule has 150 valence electrons. The van der Waals surface area contributed by atoms with Crippen LogP contribution >= 0.6 is 11.3 Å². The number of aromatic nitrogens is 1. The van der Waals surface area contributed by atoms with E-state index in [9.17, 15) is 14.4 Å². The standard InChI is InChI=1S/C19H25N5O3S/c1-12(2)18(27)24-9-7-13(8-10-24)17(26)23-22-16(25)11-20-19-21-14-5-3-4-6-15(14)28-19/h3-6,12-13H,7-11H2,1-2H3,(H,20,21)(H,22,25)(H,23,26). The molecular weight excluding hydrogens is 378 g/mol. The van der Waals surface area contributed by atoms with Gasteiger partial charge in [-0.3, -0.25) is 25.2 Å². The molecule has 0 saturated carbocycles. The third kappa shape index (κ3) is 4.98. The number of fused-ring (bicyclic) bond motifs is 1. The van der Waals surface area contributed by atoms with Crippen LogP contribution < -0.4 is 16.2 Å². The zero-order chi connectivity index (χ0) is 20.1. The third-order valence-electron chi connectivity index (χ3n) is 4.69. The molecule has 1 aliphatic rings. The summed E-state index contributed by atoms with van der Waals surface area (Å²) in [5.41, 5.74) is 5.79. The fourth-order valence-corrected chi connectivity index (χ4v) is 3.97. The first-order valence-corrected chi connectivity index (χ1v) is 10.2. The van der Waals surface area contributed by atoms with Crippen LogP contribution in [0.5, 0.6) is 0 Å². The van der Waals surface area contributed by atoms with Crippen LogP contribution in [-0.2, 0) is 14.4 Å². The average molecular weight is 404 g/mol. The van der Waals surface area contributed by atoms with Crippen molar-refractivity contribution in [2.45, 2.75) is 26.7 Å². The molecule has 1 aromatic carbocycles. The summed E-state index contributed by atoms with van der Waals surface area (Å²) in [6, 6.07) is 7.74. The van der Waals surface area contributed by atoms with Crippen molar-refractivity contribution in [3.05, 3.63) is 24.3 Å². The highest BCUT2D eigenvalue weighted by atomic mass is 32.1. The maximum Gasteiger partial charge on any atom is 0.257 e. The number of piperidine rings is 1. The Morgan fingerprint density at radius 3 is 2.57 bits per heavy atom. The van der Waals surface area contributed by atoms with E-state index in [1.54, 1.807) is 4.90 Å². The molecule has 8 nitrogen and oxygen atoms in total. The summed E-state index contributed by atoms with van der Waals surface area (Å²) in [5.74, 6) is -0.681. The number of hydrogen-bond donors (Lipinski definition) is 3. The van der Waals surface area contributed by atoms with E-state index in [4.69, 9.17) is 0 Å². The Morgan fingerprint density at radius 2 is 1.89 bits per heavy atom. The SMILES string of the molecule is CC(C)C(=O)N1CCC(C(=O)NNC(=O)CNc2nc3ccccc3s2)CC1. The lowest BCUT2D eigenvalue weighted by Gasteiger charge is -2.32. The lowest BCUT2D eigenvalue weighted by molar-refractivity contribution is -0.138. The third-order valence-corrected chi connectivity index (χ3v) is 5.68. The monoisotopic (exact) mass is 403 g/mol. The van der Waals surface area contributed by atoms with Crippen LogP contribution in [0.25, 0.3) is 10.2 Å². The maximum atomic E-state index is 12.2. The quantitative estimate of drug-likeness (QED) is 0.660. The molecule has 2 heterocycles. The number of hydrogen-bond acceptors (Lipinski definition) is 6. The molecule has 0 unspecified atom stereocenters. The van der Waals surface area contributed by atoms with Crippen LogP contribution in [0.2, 0.25) is 0 Å². The molecule has 1 aliphatic heterocycles. The summed E-state index contributed by atoms with van der Waals surface area (Å²) < 4.78 is 1.04. The number of benzene rings is 1. The molecule has 0 aliphatic carbocycles. The van der Waals surface area contributed by atoms with Gasteiger partial charge in [0, 0.05) is 24.9 Å². The van der Waals surface area contributed by atoms with Gasteiger partial charge in [-0.05, 0) is 25.0 Å². The lowest BCUT2D eigenvalue weighted by Crippen LogP contribution is -2.49. The molecule has 0 radical (unpaired) electrons. The van der Waals surface area contributed by atoms with Crippen molar-refractivity contribution >= 4 is 44.4 Å². The number of nitrogens with one attached hydrogen (secondary N) is 3. The number of amides is 3. The Balaban J connectivity index is 1.38. The molecule has 0 bridgehead atoms. The summed E-state index contributed by atoms with van der Waals surface area (Å²) >= 11 is 1.47. The number of rotatable bonds is 5. The van der Waals surface area contributed by atoms with Gasteiger partial charge in [0.1, 0.15) is 0 Å².